The Kier molecular flexibility index (Phi) is 6.10. The van der Waals surface area contributed by atoms with E-state index >= 15 is 0 Å². The van der Waals surface area contributed by atoms with Crippen molar-refractivity contribution in [2.45, 2.75) is 57.0 Å². The van der Waals surface area contributed by atoms with Crippen LogP contribution in [0, 0.1) is 11.3 Å². The molecule has 1 rings (SSSR count). The number of amides is 1. The van der Waals surface area contributed by atoms with E-state index in [-0.39, 0.29) is 12.5 Å². The quantitative estimate of drug-likeness (QED) is 0.650. The maximum atomic E-state index is 12.3. The number of carbonyl (C=O) groups excluding carboxylic acids is 1. The van der Waals surface area contributed by atoms with Gasteiger partial charge >= 0.3 is 0 Å². The fourth-order valence-electron chi connectivity index (χ4n) is 2.46. The molecule has 0 bridgehead atoms. The third-order valence-corrected chi connectivity index (χ3v) is 3.59. The minimum atomic E-state index is -0.592. The molecular formula is C13H23N3O2. The number of hydrogen-bond donors (Lipinski definition) is 3. The molecule has 1 atom stereocenters. The van der Waals surface area contributed by atoms with Gasteiger partial charge in [0.05, 0.1) is 18.2 Å². The van der Waals surface area contributed by atoms with Crippen LogP contribution in [0.3, 0.4) is 0 Å². The van der Waals surface area contributed by atoms with Crippen LogP contribution >= 0.6 is 0 Å². The molecule has 0 aromatic heterocycles. The van der Waals surface area contributed by atoms with Gasteiger partial charge in [0.1, 0.15) is 6.04 Å². The molecule has 5 nitrogen and oxygen atoms in total. The monoisotopic (exact) mass is 253 g/mol. The first kappa shape index (κ1) is 14.9. The van der Waals surface area contributed by atoms with Crippen LogP contribution in [-0.2, 0) is 4.79 Å². The first-order valence-corrected chi connectivity index (χ1v) is 6.75. The summed E-state index contributed by atoms with van der Waals surface area (Å²) >= 11 is 0. The van der Waals surface area contributed by atoms with E-state index in [2.05, 4.69) is 16.7 Å². The van der Waals surface area contributed by atoms with Crippen LogP contribution in [0.1, 0.15) is 45.4 Å². The van der Waals surface area contributed by atoms with E-state index in [9.17, 15) is 4.79 Å². The molecule has 0 aliphatic heterocycles. The Hall–Kier alpha value is -1.12. The molecule has 0 saturated heterocycles. The summed E-state index contributed by atoms with van der Waals surface area (Å²) in [4.78, 5) is 12.3. The summed E-state index contributed by atoms with van der Waals surface area (Å²) in [6.07, 6.45) is 5.33. The van der Waals surface area contributed by atoms with Crippen molar-refractivity contribution in [2.75, 3.05) is 13.2 Å². The molecule has 1 fully saturated rings. The average Bonchev–Trinajstić information content (AvgIpc) is 2.43. The highest BCUT2D eigenvalue weighted by Gasteiger charge is 2.39. The van der Waals surface area contributed by atoms with Crippen LogP contribution < -0.4 is 10.6 Å². The maximum absolute atomic E-state index is 12.3. The molecule has 1 saturated carbocycles. The average molecular weight is 253 g/mol. The predicted octanol–water partition coefficient (Wildman–Crippen LogP) is 0.690. The number of nitriles is 1. The first-order valence-electron chi connectivity index (χ1n) is 6.75. The zero-order valence-corrected chi connectivity index (χ0v) is 11.0. The summed E-state index contributed by atoms with van der Waals surface area (Å²) < 4.78 is 0. The van der Waals surface area contributed by atoms with Crippen LogP contribution in [0.4, 0.5) is 0 Å². The van der Waals surface area contributed by atoms with Gasteiger partial charge in [-0.25, -0.2) is 0 Å². The van der Waals surface area contributed by atoms with Crippen LogP contribution in [0.5, 0.6) is 0 Å². The summed E-state index contributed by atoms with van der Waals surface area (Å²) in [5, 5.41) is 23.8. The molecule has 3 N–H and O–H groups in total. The Morgan fingerprint density at radius 2 is 2.11 bits per heavy atom. The number of aliphatic hydroxyl groups is 1. The van der Waals surface area contributed by atoms with Crippen LogP contribution in [0.15, 0.2) is 0 Å². The van der Waals surface area contributed by atoms with Crippen molar-refractivity contribution in [1.29, 1.82) is 5.26 Å². The Bertz CT molecular complexity index is 306. The molecule has 1 unspecified atom stereocenters. The van der Waals surface area contributed by atoms with Gasteiger partial charge in [0.25, 0.3) is 0 Å². The van der Waals surface area contributed by atoms with Crippen LogP contribution in [0.2, 0.25) is 0 Å². The summed E-state index contributed by atoms with van der Waals surface area (Å²) in [6, 6.07) is 1.66. The molecule has 102 valence electrons. The Morgan fingerprint density at radius 3 is 2.61 bits per heavy atom. The lowest BCUT2D eigenvalue weighted by molar-refractivity contribution is -0.129. The van der Waals surface area contributed by atoms with E-state index < -0.39 is 11.6 Å². The van der Waals surface area contributed by atoms with Gasteiger partial charge in [-0.15, -0.1) is 0 Å². The Morgan fingerprint density at radius 1 is 1.44 bits per heavy atom. The minimum absolute atomic E-state index is 0.0183. The molecule has 1 aliphatic carbocycles. The van der Waals surface area contributed by atoms with Crippen molar-refractivity contribution in [3.8, 4) is 6.07 Å². The number of nitrogens with zero attached hydrogens (tertiary/aromatic N) is 1. The van der Waals surface area contributed by atoms with E-state index in [4.69, 9.17) is 10.4 Å². The van der Waals surface area contributed by atoms with Gasteiger partial charge < -0.3 is 15.7 Å². The molecule has 0 heterocycles. The van der Waals surface area contributed by atoms with E-state index in [1.165, 1.54) is 0 Å². The smallest absolute Gasteiger partial charge is 0.241 e. The van der Waals surface area contributed by atoms with Crippen molar-refractivity contribution in [3.05, 3.63) is 0 Å². The SMILES string of the molecule is CCC(C#N)NC(=O)C1(NCCO)CCCCC1. The lowest BCUT2D eigenvalue weighted by atomic mass is 9.80. The standard InChI is InChI=1S/C13H23N3O2/c1-2-11(10-14)16-12(18)13(15-8-9-17)6-4-3-5-7-13/h11,15,17H,2-9H2,1H3,(H,16,18). The van der Waals surface area contributed by atoms with Crippen LogP contribution in [0.25, 0.3) is 0 Å². The van der Waals surface area contributed by atoms with Crippen molar-refractivity contribution in [1.82, 2.24) is 10.6 Å². The van der Waals surface area contributed by atoms with E-state index in [1.54, 1.807) is 0 Å². The topological polar surface area (TPSA) is 85.2 Å². The zero-order chi connectivity index (χ0) is 13.4. The molecule has 0 aromatic rings. The second kappa shape index (κ2) is 7.34. The molecule has 1 amide bonds. The molecule has 18 heavy (non-hydrogen) atoms. The minimum Gasteiger partial charge on any atom is -0.395 e. The highest BCUT2D eigenvalue weighted by atomic mass is 16.3. The Labute approximate surface area is 109 Å². The third-order valence-electron chi connectivity index (χ3n) is 3.59. The fraction of sp³-hybridized carbons (Fsp3) is 0.846. The number of β-amino-alcohol motifs (C(OH)–C–C–N with tert-alkyl or cyclic N) is 1. The van der Waals surface area contributed by atoms with Gasteiger partial charge in [-0.2, -0.15) is 5.26 Å². The van der Waals surface area contributed by atoms with Crippen molar-refractivity contribution >= 4 is 5.91 Å². The van der Waals surface area contributed by atoms with Crippen molar-refractivity contribution < 1.29 is 9.90 Å². The second-order valence-electron chi connectivity index (χ2n) is 4.86. The number of rotatable bonds is 6. The largest absolute Gasteiger partial charge is 0.395 e. The summed E-state index contributed by atoms with van der Waals surface area (Å²) in [5.74, 6) is -0.0935. The third kappa shape index (κ3) is 3.69. The van der Waals surface area contributed by atoms with E-state index in [0.717, 1.165) is 32.1 Å². The lowest BCUT2D eigenvalue weighted by Gasteiger charge is -2.37. The summed E-state index contributed by atoms with van der Waals surface area (Å²) in [7, 11) is 0. The zero-order valence-electron chi connectivity index (χ0n) is 11.0. The molecule has 5 heteroatoms. The van der Waals surface area contributed by atoms with Crippen molar-refractivity contribution in [2.24, 2.45) is 0 Å². The van der Waals surface area contributed by atoms with Gasteiger partial charge in [-0.05, 0) is 19.3 Å². The van der Waals surface area contributed by atoms with E-state index in [0.29, 0.717) is 13.0 Å². The maximum Gasteiger partial charge on any atom is 0.241 e. The summed E-state index contributed by atoms with van der Waals surface area (Å²) in [5.41, 5.74) is -0.592. The van der Waals surface area contributed by atoms with E-state index in [1.807, 2.05) is 6.92 Å². The molecule has 0 aromatic carbocycles. The number of hydrogen-bond acceptors (Lipinski definition) is 4. The summed E-state index contributed by atoms with van der Waals surface area (Å²) in [6.45, 7) is 2.31. The normalized spacial score (nSPS) is 19.8. The molecule has 0 spiro atoms. The van der Waals surface area contributed by atoms with Gasteiger partial charge in [-0.3, -0.25) is 4.79 Å². The lowest BCUT2D eigenvalue weighted by Crippen LogP contribution is -2.60. The Balaban J connectivity index is 2.69. The number of aliphatic hydroxyl groups excluding tert-OH is 1. The number of carbonyl (C=O) groups is 1. The molecule has 0 radical (unpaired) electrons. The number of nitrogens with one attached hydrogen (secondary N) is 2. The predicted molar refractivity (Wildman–Crippen MR) is 68.7 cm³/mol. The highest BCUT2D eigenvalue weighted by molar-refractivity contribution is 5.87. The fourth-order valence-corrected chi connectivity index (χ4v) is 2.46. The van der Waals surface area contributed by atoms with Gasteiger partial charge in [0.15, 0.2) is 0 Å². The van der Waals surface area contributed by atoms with Gasteiger partial charge in [0.2, 0.25) is 5.91 Å². The van der Waals surface area contributed by atoms with Gasteiger partial charge in [0, 0.05) is 6.54 Å². The molecule has 1 aliphatic rings. The van der Waals surface area contributed by atoms with Gasteiger partial charge in [-0.1, -0.05) is 26.2 Å². The molecular weight excluding hydrogens is 230 g/mol. The first-order chi connectivity index (χ1) is 8.68. The second-order valence-corrected chi connectivity index (χ2v) is 4.86. The van der Waals surface area contributed by atoms with Crippen molar-refractivity contribution in [3.63, 3.8) is 0 Å². The van der Waals surface area contributed by atoms with Crippen LogP contribution in [-0.4, -0.2) is 35.7 Å². The highest BCUT2D eigenvalue weighted by Crippen LogP contribution is 2.28.